The number of amidine groups is 1. The number of likely N-dealkylation sites (N-methyl/N-ethyl adjacent to an activating group) is 1. The number of nitrogens with zero attached hydrogens (tertiary/aromatic N) is 3. The van der Waals surface area contributed by atoms with Crippen LogP contribution in [0.3, 0.4) is 0 Å². The summed E-state index contributed by atoms with van der Waals surface area (Å²) in [5.41, 5.74) is 2.41. The number of rotatable bonds is 5. The highest BCUT2D eigenvalue weighted by atomic mass is 35.5. The van der Waals surface area contributed by atoms with E-state index < -0.39 is 0 Å². The fourth-order valence-electron chi connectivity index (χ4n) is 2.44. The molecular weight excluding hydrogens is 358 g/mol. The summed E-state index contributed by atoms with van der Waals surface area (Å²) < 4.78 is 5.36. The Balaban J connectivity index is 1.70. The number of hydrogen-bond donors (Lipinski definition) is 0. The average Bonchev–Trinajstić information content (AvgIpc) is 2.97. The first-order chi connectivity index (χ1) is 11.9. The third-order valence-electron chi connectivity index (χ3n) is 3.90. The van der Waals surface area contributed by atoms with Gasteiger partial charge in [-0.15, -0.1) is 0 Å². The fourth-order valence-corrected chi connectivity index (χ4v) is 3.62. The lowest BCUT2D eigenvalue weighted by molar-refractivity contribution is -0.139. The maximum atomic E-state index is 12.3. The Morgan fingerprint density at radius 1 is 1.36 bits per heavy atom. The van der Waals surface area contributed by atoms with E-state index in [1.807, 2.05) is 61.3 Å². The molecule has 0 saturated heterocycles. The molecule has 0 N–H and O–H groups in total. The summed E-state index contributed by atoms with van der Waals surface area (Å²) in [6, 6.07) is 7.71. The van der Waals surface area contributed by atoms with Crippen molar-refractivity contribution in [2.75, 3.05) is 33.8 Å². The van der Waals surface area contributed by atoms with E-state index in [-0.39, 0.29) is 5.97 Å². The first-order valence-electron chi connectivity index (χ1n) is 7.96. The molecule has 25 heavy (non-hydrogen) atoms. The Morgan fingerprint density at radius 2 is 2.08 bits per heavy atom. The zero-order valence-electron chi connectivity index (χ0n) is 14.5. The van der Waals surface area contributed by atoms with Gasteiger partial charge in [0.25, 0.3) is 0 Å². The van der Waals surface area contributed by atoms with Crippen molar-refractivity contribution in [3.63, 3.8) is 0 Å². The van der Waals surface area contributed by atoms with Gasteiger partial charge in [-0.1, -0.05) is 23.7 Å². The van der Waals surface area contributed by atoms with E-state index >= 15 is 0 Å². The summed E-state index contributed by atoms with van der Waals surface area (Å²) in [5.74, 6) is -0.291. The predicted molar refractivity (Wildman–Crippen MR) is 103 cm³/mol. The van der Waals surface area contributed by atoms with Crippen molar-refractivity contribution in [1.29, 1.82) is 0 Å². The molecule has 0 amide bonds. The molecule has 0 aromatic heterocycles. The number of esters is 1. The van der Waals surface area contributed by atoms with Crippen molar-refractivity contribution in [3.8, 4) is 0 Å². The zero-order chi connectivity index (χ0) is 18.0. The van der Waals surface area contributed by atoms with Crippen LogP contribution in [0.1, 0.15) is 12.5 Å². The molecule has 0 aliphatic carbocycles. The number of hydrogen-bond acceptors (Lipinski definition) is 6. The number of carbonyl (C=O) groups is 1. The molecule has 7 heteroatoms. The molecule has 0 unspecified atom stereocenters. The fraction of sp³-hybridized carbons (Fsp3) is 0.333. The zero-order valence-corrected chi connectivity index (χ0v) is 16.0. The molecule has 0 spiro atoms. The largest absolute Gasteiger partial charge is 0.461 e. The van der Waals surface area contributed by atoms with E-state index in [0.29, 0.717) is 30.3 Å². The number of fused-ring (bicyclic) bond motifs is 1. The van der Waals surface area contributed by atoms with Crippen LogP contribution in [0.4, 0.5) is 0 Å². The Bertz CT molecular complexity index is 769. The van der Waals surface area contributed by atoms with E-state index in [4.69, 9.17) is 16.3 Å². The number of halogens is 1. The minimum atomic E-state index is -0.291. The molecule has 1 aromatic carbocycles. The van der Waals surface area contributed by atoms with Gasteiger partial charge in [0.15, 0.2) is 5.17 Å². The molecule has 132 valence electrons. The van der Waals surface area contributed by atoms with Gasteiger partial charge in [-0.3, -0.25) is 0 Å². The molecule has 2 aliphatic rings. The summed E-state index contributed by atoms with van der Waals surface area (Å²) in [7, 11) is 3.89. The summed E-state index contributed by atoms with van der Waals surface area (Å²) in [6.45, 7) is 3.41. The van der Waals surface area contributed by atoms with Gasteiger partial charge in [-0.05, 0) is 50.5 Å². The minimum Gasteiger partial charge on any atom is -0.461 e. The molecule has 0 bridgehead atoms. The SMILES string of the molecule is CC1=C(C(=O)OCCN(C)C)CN2C=C(c3ccc(Cl)cc3)SC2=N1. The van der Waals surface area contributed by atoms with Crippen LogP contribution >= 0.6 is 23.4 Å². The highest BCUT2D eigenvalue weighted by Gasteiger charge is 2.30. The van der Waals surface area contributed by atoms with Crippen LogP contribution in [0.25, 0.3) is 4.91 Å². The Labute approximate surface area is 157 Å². The number of ether oxygens (including phenoxy) is 1. The molecule has 3 rings (SSSR count). The molecule has 0 fully saturated rings. The normalized spacial score (nSPS) is 16.8. The van der Waals surface area contributed by atoms with Gasteiger partial charge in [-0.25, -0.2) is 9.79 Å². The average molecular weight is 378 g/mol. The number of carbonyl (C=O) groups excluding carboxylic acids is 1. The monoisotopic (exact) mass is 377 g/mol. The van der Waals surface area contributed by atoms with Crippen LogP contribution < -0.4 is 0 Å². The van der Waals surface area contributed by atoms with Crippen LogP contribution in [-0.2, 0) is 9.53 Å². The van der Waals surface area contributed by atoms with Gasteiger partial charge in [0.2, 0.25) is 0 Å². The lowest BCUT2D eigenvalue weighted by Gasteiger charge is -2.23. The first-order valence-corrected chi connectivity index (χ1v) is 9.16. The Hall–Kier alpha value is -1.76. The van der Waals surface area contributed by atoms with Gasteiger partial charge in [-0.2, -0.15) is 0 Å². The standard InChI is InChI=1S/C18H20ClN3O2S/c1-12-15(17(23)24-9-8-21(2)3)10-22-11-16(25-18(22)20-12)13-4-6-14(19)7-5-13/h4-7,11H,8-10H2,1-3H3. The van der Waals surface area contributed by atoms with Crippen LogP contribution in [-0.4, -0.2) is 54.7 Å². The minimum absolute atomic E-state index is 0.291. The van der Waals surface area contributed by atoms with Gasteiger partial charge in [0.05, 0.1) is 17.8 Å². The molecule has 2 aliphatic heterocycles. The highest BCUT2D eigenvalue weighted by Crippen LogP contribution is 2.39. The number of benzene rings is 1. The van der Waals surface area contributed by atoms with E-state index in [1.54, 1.807) is 11.8 Å². The molecular formula is C18H20ClN3O2S. The highest BCUT2D eigenvalue weighted by molar-refractivity contribution is 8.22. The van der Waals surface area contributed by atoms with Crippen molar-refractivity contribution >= 4 is 39.4 Å². The predicted octanol–water partition coefficient (Wildman–Crippen LogP) is 3.44. The topological polar surface area (TPSA) is 45.1 Å². The third kappa shape index (κ3) is 4.26. The summed E-state index contributed by atoms with van der Waals surface area (Å²) in [6.07, 6.45) is 2.02. The van der Waals surface area contributed by atoms with Crippen LogP contribution in [0, 0.1) is 0 Å². The molecule has 5 nitrogen and oxygen atoms in total. The second-order valence-corrected chi connectivity index (χ2v) is 7.57. The van der Waals surface area contributed by atoms with Crippen LogP contribution in [0.5, 0.6) is 0 Å². The second kappa shape index (κ2) is 7.64. The third-order valence-corrected chi connectivity index (χ3v) is 5.22. The smallest absolute Gasteiger partial charge is 0.337 e. The molecule has 0 atom stereocenters. The Kier molecular flexibility index (Phi) is 5.51. The first kappa shape index (κ1) is 18.0. The van der Waals surface area contributed by atoms with E-state index in [2.05, 4.69) is 4.99 Å². The molecule has 0 radical (unpaired) electrons. The van der Waals surface area contributed by atoms with Crippen molar-refractivity contribution < 1.29 is 9.53 Å². The van der Waals surface area contributed by atoms with Crippen molar-refractivity contribution in [1.82, 2.24) is 9.80 Å². The van der Waals surface area contributed by atoms with E-state index in [0.717, 1.165) is 21.3 Å². The van der Waals surface area contributed by atoms with Crippen LogP contribution in [0.2, 0.25) is 5.02 Å². The van der Waals surface area contributed by atoms with Gasteiger partial charge < -0.3 is 14.5 Å². The number of allylic oxidation sites excluding steroid dienone is 1. The van der Waals surface area contributed by atoms with Crippen molar-refractivity contribution in [3.05, 3.63) is 52.3 Å². The van der Waals surface area contributed by atoms with Crippen LogP contribution in [0.15, 0.2) is 46.7 Å². The van der Waals surface area contributed by atoms with Gasteiger partial charge in [0.1, 0.15) is 6.61 Å². The summed E-state index contributed by atoms with van der Waals surface area (Å²) in [4.78, 5) is 22.0. The van der Waals surface area contributed by atoms with Gasteiger partial charge >= 0.3 is 5.97 Å². The maximum Gasteiger partial charge on any atom is 0.337 e. The maximum absolute atomic E-state index is 12.3. The Morgan fingerprint density at radius 3 is 2.76 bits per heavy atom. The molecule has 0 saturated carbocycles. The lowest BCUT2D eigenvalue weighted by Crippen LogP contribution is -2.31. The summed E-state index contributed by atoms with van der Waals surface area (Å²) >= 11 is 7.55. The molecule has 2 heterocycles. The number of thioether (sulfide) groups is 1. The van der Waals surface area contributed by atoms with E-state index in [1.165, 1.54) is 0 Å². The van der Waals surface area contributed by atoms with Crippen molar-refractivity contribution in [2.24, 2.45) is 4.99 Å². The number of aliphatic imine (C=N–C) groups is 1. The van der Waals surface area contributed by atoms with Crippen molar-refractivity contribution in [2.45, 2.75) is 6.92 Å². The lowest BCUT2D eigenvalue weighted by atomic mass is 10.2. The second-order valence-electron chi connectivity index (χ2n) is 6.13. The van der Waals surface area contributed by atoms with Gasteiger partial charge in [0, 0.05) is 22.7 Å². The van der Waals surface area contributed by atoms with E-state index in [9.17, 15) is 4.79 Å². The summed E-state index contributed by atoms with van der Waals surface area (Å²) in [5, 5.41) is 1.59. The quantitative estimate of drug-likeness (QED) is 0.735. The molecule has 1 aromatic rings.